The highest BCUT2D eigenvalue weighted by molar-refractivity contribution is 5.83. The molecule has 0 spiro atoms. The normalized spacial score (nSPS) is 11.4. The highest BCUT2D eigenvalue weighted by atomic mass is 14.6. The summed E-state index contributed by atoms with van der Waals surface area (Å²) >= 11 is 0. The van der Waals surface area contributed by atoms with Crippen molar-refractivity contribution in [2.45, 2.75) is 13.3 Å². The van der Waals surface area contributed by atoms with Crippen LogP contribution in [0, 0.1) is 6.92 Å². The lowest BCUT2D eigenvalue weighted by Crippen LogP contribution is -1.94. The summed E-state index contributed by atoms with van der Waals surface area (Å²) in [7, 11) is 0. The van der Waals surface area contributed by atoms with Crippen molar-refractivity contribution >= 4 is 11.6 Å². The fourth-order valence-corrected chi connectivity index (χ4v) is 2.61. The van der Waals surface area contributed by atoms with E-state index in [0.29, 0.717) is 0 Å². The van der Waals surface area contributed by atoms with Crippen LogP contribution in [0.25, 0.3) is 11.6 Å². The second-order valence-electron chi connectivity index (χ2n) is 5.40. The van der Waals surface area contributed by atoms with E-state index in [1.165, 1.54) is 22.3 Å². The Morgan fingerprint density at radius 3 is 2.32 bits per heavy atom. The molecule has 0 amide bonds. The van der Waals surface area contributed by atoms with Gasteiger partial charge < -0.3 is 0 Å². The number of aryl methyl sites for hydroxylation is 1. The smallest absolute Gasteiger partial charge is 0.0632 e. The molecule has 22 heavy (non-hydrogen) atoms. The third kappa shape index (κ3) is 3.50. The second kappa shape index (κ2) is 6.86. The molecule has 0 radical (unpaired) electrons. The number of aromatic nitrogens is 1. The maximum absolute atomic E-state index is 4.44. The average molecular weight is 285 g/mol. The molecule has 3 rings (SSSR count). The van der Waals surface area contributed by atoms with Crippen LogP contribution in [0.4, 0.5) is 0 Å². The van der Waals surface area contributed by atoms with Crippen molar-refractivity contribution in [2.75, 3.05) is 0 Å². The summed E-state index contributed by atoms with van der Waals surface area (Å²) in [5.41, 5.74) is 6.19. The van der Waals surface area contributed by atoms with Gasteiger partial charge in [0.25, 0.3) is 0 Å². The number of hydrogen-bond donors (Lipinski definition) is 0. The molecule has 3 aromatic rings. The third-order valence-corrected chi connectivity index (χ3v) is 3.74. The lowest BCUT2D eigenvalue weighted by molar-refractivity contribution is 1.25. The van der Waals surface area contributed by atoms with E-state index < -0.39 is 0 Å². The van der Waals surface area contributed by atoms with Gasteiger partial charge in [-0.25, -0.2) is 0 Å². The summed E-state index contributed by atoms with van der Waals surface area (Å²) in [5, 5.41) is 0. The summed E-state index contributed by atoms with van der Waals surface area (Å²) < 4.78 is 0. The van der Waals surface area contributed by atoms with Crippen molar-refractivity contribution in [1.29, 1.82) is 0 Å². The van der Waals surface area contributed by atoms with Gasteiger partial charge in [-0.15, -0.1) is 0 Å². The lowest BCUT2D eigenvalue weighted by atomic mass is 9.94. The Morgan fingerprint density at radius 1 is 0.864 bits per heavy atom. The Labute approximate surface area is 132 Å². The first-order valence-electron chi connectivity index (χ1n) is 7.54. The summed E-state index contributed by atoms with van der Waals surface area (Å²) in [4.78, 5) is 4.44. The molecular weight excluding hydrogens is 266 g/mol. The number of benzene rings is 2. The first-order valence-corrected chi connectivity index (χ1v) is 7.54. The molecule has 0 unspecified atom stereocenters. The molecule has 0 fully saturated rings. The summed E-state index contributed by atoms with van der Waals surface area (Å²) in [6, 6.07) is 25.1. The van der Waals surface area contributed by atoms with E-state index in [2.05, 4.69) is 72.6 Å². The monoisotopic (exact) mass is 285 g/mol. The number of rotatable bonds is 4. The number of nitrogens with zero attached hydrogens (tertiary/aromatic N) is 1. The van der Waals surface area contributed by atoms with Crippen LogP contribution in [-0.2, 0) is 6.42 Å². The van der Waals surface area contributed by atoms with Crippen LogP contribution in [0.1, 0.15) is 22.4 Å². The van der Waals surface area contributed by atoms with Crippen molar-refractivity contribution in [3.8, 4) is 0 Å². The highest BCUT2D eigenvalue weighted by Crippen LogP contribution is 2.25. The Morgan fingerprint density at radius 2 is 1.59 bits per heavy atom. The van der Waals surface area contributed by atoms with E-state index >= 15 is 0 Å². The maximum Gasteiger partial charge on any atom is 0.0632 e. The molecule has 2 aromatic carbocycles. The van der Waals surface area contributed by atoms with E-state index in [0.717, 1.165) is 12.1 Å². The van der Waals surface area contributed by atoms with E-state index in [1.807, 2.05) is 24.4 Å². The highest BCUT2D eigenvalue weighted by Gasteiger charge is 2.06. The Kier molecular flexibility index (Phi) is 4.45. The molecule has 0 aliphatic carbocycles. The van der Waals surface area contributed by atoms with Gasteiger partial charge >= 0.3 is 0 Å². The van der Waals surface area contributed by atoms with Gasteiger partial charge in [-0.3, -0.25) is 4.98 Å². The van der Waals surface area contributed by atoms with Gasteiger partial charge in [-0.1, -0.05) is 60.7 Å². The molecule has 0 N–H and O–H groups in total. The van der Waals surface area contributed by atoms with Crippen molar-refractivity contribution < 1.29 is 0 Å². The first kappa shape index (κ1) is 14.3. The van der Waals surface area contributed by atoms with Crippen LogP contribution in [0.3, 0.4) is 0 Å². The zero-order chi connectivity index (χ0) is 15.2. The third-order valence-electron chi connectivity index (χ3n) is 3.74. The van der Waals surface area contributed by atoms with E-state index in [9.17, 15) is 0 Å². The first-order chi connectivity index (χ1) is 10.8. The van der Waals surface area contributed by atoms with Crippen molar-refractivity contribution in [2.24, 2.45) is 0 Å². The Hall–Kier alpha value is -2.67. The largest absolute Gasteiger partial charge is 0.257 e. The van der Waals surface area contributed by atoms with Crippen LogP contribution < -0.4 is 0 Å². The van der Waals surface area contributed by atoms with Crippen molar-refractivity contribution in [3.63, 3.8) is 0 Å². The molecule has 1 aromatic heterocycles. The van der Waals surface area contributed by atoms with Gasteiger partial charge in [-0.2, -0.15) is 0 Å². The van der Waals surface area contributed by atoms with Crippen LogP contribution in [0.5, 0.6) is 0 Å². The van der Waals surface area contributed by atoms with Crippen LogP contribution >= 0.6 is 0 Å². The molecule has 0 saturated heterocycles. The minimum atomic E-state index is 0.905. The topological polar surface area (TPSA) is 12.9 Å². The quantitative estimate of drug-likeness (QED) is 0.644. The summed E-state index contributed by atoms with van der Waals surface area (Å²) in [6.45, 7) is 2.16. The molecule has 0 bridgehead atoms. The van der Waals surface area contributed by atoms with Gasteiger partial charge in [0.05, 0.1) is 5.69 Å². The van der Waals surface area contributed by atoms with Gasteiger partial charge in [0.2, 0.25) is 0 Å². The molecule has 1 nitrogen and oxygen atoms in total. The average Bonchev–Trinajstić information content (AvgIpc) is 2.57. The van der Waals surface area contributed by atoms with Gasteiger partial charge in [0, 0.05) is 6.20 Å². The molecule has 0 aliphatic heterocycles. The zero-order valence-corrected chi connectivity index (χ0v) is 12.7. The van der Waals surface area contributed by atoms with E-state index in [4.69, 9.17) is 0 Å². The number of hydrogen-bond acceptors (Lipinski definition) is 1. The van der Waals surface area contributed by atoms with Crippen LogP contribution in [0.2, 0.25) is 0 Å². The number of allylic oxidation sites excluding steroid dienone is 1. The zero-order valence-electron chi connectivity index (χ0n) is 12.7. The van der Waals surface area contributed by atoms with E-state index in [1.54, 1.807) is 0 Å². The lowest BCUT2D eigenvalue weighted by Gasteiger charge is -2.11. The molecule has 0 aliphatic rings. The standard InChI is InChI=1S/C21H19N/c1-17-9-5-6-13-21(17)19(15-18-10-3-2-4-11-18)16-20-12-7-8-14-22-20/h2-14,16H,15H2,1H3/b19-16+. The molecule has 1 heterocycles. The summed E-state index contributed by atoms with van der Waals surface area (Å²) in [6.07, 6.45) is 4.93. The Bertz CT molecular complexity index is 758. The fraction of sp³-hybridized carbons (Fsp3) is 0.0952. The summed E-state index contributed by atoms with van der Waals surface area (Å²) in [5.74, 6) is 0. The van der Waals surface area contributed by atoms with Gasteiger partial charge in [-0.05, 0) is 53.8 Å². The van der Waals surface area contributed by atoms with Crippen LogP contribution in [0.15, 0.2) is 79.0 Å². The maximum atomic E-state index is 4.44. The molecule has 1 heteroatoms. The predicted octanol–water partition coefficient (Wildman–Crippen LogP) is 5.17. The number of pyridine rings is 1. The van der Waals surface area contributed by atoms with Crippen molar-refractivity contribution in [3.05, 3.63) is 101 Å². The minimum Gasteiger partial charge on any atom is -0.257 e. The van der Waals surface area contributed by atoms with Crippen molar-refractivity contribution in [1.82, 2.24) is 4.98 Å². The Balaban J connectivity index is 2.03. The molecular formula is C21H19N. The minimum absolute atomic E-state index is 0.905. The molecule has 108 valence electrons. The van der Waals surface area contributed by atoms with Gasteiger partial charge in [0.15, 0.2) is 0 Å². The fourth-order valence-electron chi connectivity index (χ4n) is 2.61. The van der Waals surface area contributed by atoms with E-state index in [-0.39, 0.29) is 0 Å². The molecule has 0 atom stereocenters. The predicted molar refractivity (Wildman–Crippen MR) is 93.4 cm³/mol. The second-order valence-corrected chi connectivity index (χ2v) is 5.40. The van der Waals surface area contributed by atoms with Gasteiger partial charge in [0.1, 0.15) is 0 Å². The van der Waals surface area contributed by atoms with Crippen LogP contribution in [-0.4, -0.2) is 4.98 Å². The SMILES string of the molecule is Cc1ccccc1/C(=C/c1ccccn1)Cc1ccccc1. The molecule has 0 saturated carbocycles.